The van der Waals surface area contributed by atoms with E-state index < -0.39 is 0 Å². The van der Waals surface area contributed by atoms with Gasteiger partial charge >= 0.3 is 0 Å². The quantitative estimate of drug-likeness (QED) is 0.678. The average molecular weight is 177 g/mol. The van der Waals surface area contributed by atoms with Gasteiger partial charge < -0.3 is 4.52 Å². The molecule has 0 saturated heterocycles. The first kappa shape index (κ1) is 7.31. The lowest BCUT2D eigenvalue weighted by atomic mass is 10.2. The highest BCUT2D eigenvalue weighted by Crippen LogP contribution is 2.17. The van der Waals surface area contributed by atoms with Crippen LogP contribution in [0.4, 0.5) is 0 Å². The number of aromatic nitrogens is 1. The molecule has 1 aromatic carbocycles. The van der Waals surface area contributed by atoms with Crippen LogP contribution in [0.25, 0.3) is 11.3 Å². The molecule has 2 aromatic rings. The van der Waals surface area contributed by atoms with Crippen LogP contribution in [0, 0.1) is 4.64 Å². The minimum atomic E-state index is 0.619. The molecule has 12 heavy (non-hydrogen) atoms. The molecule has 0 aliphatic rings. The van der Waals surface area contributed by atoms with Crippen molar-refractivity contribution in [2.24, 2.45) is 0 Å². The summed E-state index contributed by atoms with van der Waals surface area (Å²) in [5, 5.41) is 2.61. The van der Waals surface area contributed by atoms with Crippen LogP contribution in [0.5, 0.6) is 0 Å². The molecular formula is C9H7NOS. The predicted molar refractivity (Wildman–Crippen MR) is 49.3 cm³/mol. The van der Waals surface area contributed by atoms with E-state index in [2.05, 4.69) is 5.16 Å². The van der Waals surface area contributed by atoms with Gasteiger partial charge in [0.2, 0.25) is 0 Å². The standard InChI is InChI=1S/C9H7NOS/c12-9-6-8(11-10-9)7-4-2-1-3-5-7/h1-6H,(H,10,12). The molecule has 60 valence electrons. The largest absolute Gasteiger partial charge is 0.381 e. The van der Waals surface area contributed by atoms with Crippen molar-refractivity contribution in [2.45, 2.75) is 0 Å². The number of rotatable bonds is 1. The maximum absolute atomic E-state index is 5.12. The third kappa shape index (κ3) is 1.31. The Labute approximate surface area is 74.8 Å². The van der Waals surface area contributed by atoms with E-state index in [1.54, 1.807) is 6.07 Å². The second kappa shape index (κ2) is 2.95. The molecule has 3 heteroatoms. The molecule has 0 amide bonds. The van der Waals surface area contributed by atoms with Crippen molar-refractivity contribution in [1.82, 2.24) is 5.16 Å². The summed E-state index contributed by atoms with van der Waals surface area (Å²) in [5.74, 6) is 0.778. The summed E-state index contributed by atoms with van der Waals surface area (Å²) in [6, 6.07) is 11.6. The van der Waals surface area contributed by atoms with Gasteiger partial charge in [-0.25, -0.2) is 5.16 Å². The summed E-state index contributed by atoms with van der Waals surface area (Å²) in [6.07, 6.45) is 0. The first-order valence-electron chi connectivity index (χ1n) is 3.60. The number of hydrogen-bond donors (Lipinski definition) is 1. The molecule has 0 unspecified atom stereocenters. The molecule has 0 aliphatic heterocycles. The Morgan fingerprint density at radius 3 is 2.50 bits per heavy atom. The fraction of sp³-hybridized carbons (Fsp3) is 0. The van der Waals surface area contributed by atoms with E-state index in [1.165, 1.54) is 0 Å². The molecule has 0 spiro atoms. The van der Waals surface area contributed by atoms with Crippen LogP contribution in [-0.4, -0.2) is 5.16 Å². The maximum atomic E-state index is 5.12. The third-order valence-corrected chi connectivity index (χ3v) is 1.78. The van der Waals surface area contributed by atoms with Crippen LogP contribution < -0.4 is 0 Å². The number of H-pyrrole nitrogens is 1. The Balaban J connectivity index is 2.51. The van der Waals surface area contributed by atoms with Gasteiger partial charge in [0.25, 0.3) is 0 Å². The van der Waals surface area contributed by atoms with E-state index in [4.69, 9.17) is 16.7 Å². The van der Waals surface area contributed by atoms with Gasteiger partial charge in [0, 0.05) is 11.6 Å². The summed E-state index contributed by atoms with van der Waals surface area (Å²) >= 11 is 4.88. The lowest BCUT2D eigenvalue weighted by Crippen LogP contribution is -1.69. The molecule has 0 fully saturated rings. The molecule has 0 saturated carbocycles. The topological polar surface area (TPSA) is 28.9 Å². The van der Waals surface area contributed by atoms with Gasteiger partial charge in [-0.1, -0.05) is 42.5 Å². The van der Waals surface area contributed by atoms with E-state index in [9.17, 15) is 0 Å². The highest BCUT2D eigenvalue weighted by Gasteiger charge is 1.98. The molecular weight excluding hydrogens is 170 g/mol. The summed E-state index contributed by atoms with van der Waals surface area (Å²) in [5.41, 5.74) is 1.03. The number of nitrogens with one attached hydrogen (secondary N) is 1. The van der Waals surface area contributed by atoms with Gasteiger partial charge in [-0.05, 0) is 0 Å². The summed E-state index contributed by atoms with van der Waals surface area (Å²) in [7, 11) is 0. The number of hydrogen-bond acceptors (Lipinski definition) is 2. The van der Waals surface area contributed by atoms with Gasteiger partial charge in [-0.15, -0.1) is 0 Å². The Kier molecular flexibility index (Phi) is 1.80. The first-order chi connectivity index (χ1) is 5.86. The van der Waals surface area contributed by atoms with Crippen LogP contribution in [0.15, 0.2) is 40.9 Å². The molecule has 0 bridgehead atoms. The smallest absolute Gasteiger partial charge is 0.165 e. The van der Waals surface area contributed by atoms with Gasteiger partial charge in [-0.2, -0.15) is 0 Å². The Morgan fingerprint density at radius 1 is 1.17 bits per heavy atom. The van der Waals surface area contributed by atoms with Crippen LogP contribution in [0.2, 0.25) is 0 Å². The van der Waals surface area contributed by atoms with Gasteiger partial charge in [0.15, 0.2) is 5.76 Å². The zero-order valence-corrected chi connectivity index (χ0v) is 7.10. The van der Waals surface area contributed by atoms with Crippen LogP contribution in [-0.2, 0) is 0 Å². The van der Waals surface area contributed by atoms with E-state index in [0.717, 1.165) is 11.3 Å². The minimum Gasteiger partial charge on any atom is -0.381 e. The van der Waals surface area contributed by atoms with Crippen molar-refractivity contribution in [3.8, 4) is 11.3 Å². The molecule has 0 atom stereocenters. The highest BCUT2D eigenvalue weighted by atomic mass is 32.1. The fourth-order valence-electron chi connectivity index (χ4n) is 1.03. The second-order valence-electron chi connectivity index (χ2n) is 2.44. The third-order valence-electron chi connectivity index (χ3n) is 1.58. The van der Waals surface area contributed by atoms with E-state index in [0.29, 0.717) is 4.64 Å². The number of benzene rings is 1. The predicted octanol–water partition coefficient (Wildman–Crippen LogP) is 3.00. The Bertz CT molecular complexity index is 415. The monoisotopic (exact) mass is 177 g/mol. The Morgan fingerprint density at radius 2 is 1.92 bits per heavy atom. The van der Waals surface area contributed by atoms with E-state index in [1.807, 2.05) is 30.3 Å². The van der Waals surface area contributed by atoms with Crippen molar-refractivity contribution in [3.05, 3.63) is 41.0 Å². The molecule has 0 radical (unpaired) electrons. The molecule has 0 aliphatic carbocycles. The summed E-state index contributed by atoms with van der Waals surface area (Å²) in [4.78, 5) is 0. The van der Waals surface area contributed by atoms with Crippen LogP contribution in [0.3, 0.4) is 0 Å². The van der Waals surface area contributed by atoms with Crippen LogP contribution in [0.1, 0.15) is 0 Å². The molecule has 2 rings (SSSR count). The molecule has 2 nitrogen and oxygen atoms in total. The zero-order chi connectivity index (χ0) is 8.39. The first-order valence-corrected chi connectivity index (χ1v) is 4.01. The zero-order valence-electron chi connectivity index (χ0n) is 6.28. The number of aromatic amines is 1. The minimum absolute atomic E-state index is 0.619. The lowest BCUT2D eigenvalue weighted by Gasteiger charge is -1.91. The Hall–Kier alpha value is -1.35. The SMILES string of the molecule is S=c1cc(-c2ccccc2)o[nH]1. The average Bonchev–Trinajstić information content (AvgIpc) is 2.54. The highest BCUT2D eigenvalue weighted by molar-refractivity contribution is 7.71. The normalized spacial score (nSPS) is 10.0. The molecule has 1 heterocycles. The maximum Gasteiger partial charge on any atom is 0.165 e. The summed E-state index contributed by atoms with van der Waals surface area (Å²) < 4.78 is 5.74. The summed E-state index contributed by atoms with van der Waals surface area (Å²) in [6.45, 7) is 0. The van der Waals surface area contributed by atoms with Crippen molar-refractivity contribution in [1.29, 1.82) is 0 Å². The lowest BCUT2D eigenvalue weighted by molar-refractivity contribution is 0.429. The molecule has 1 N–H and O–H groups in total. The van der Waals surface area contributed by atoms with Crippen molar-refractivity contribution >= 4 is 12.2 Å². The van der Waals surface area contributed by atoms with Gasteiger partial charge in [-0.3, -0.25) is 0 Å². The van der Waals surface area contributed by atoms with Crippen molar-refractivity contribution in [2.75, 3.05) is 0 Å². The van der Waals surface area contributed by atoms with Gasteiger partial charge in [0.05, 0.1) is 0 Å². The fourth-order valence-corrected chi connectivity index (χ4v) is 1.18. The molecule has 1 aromatic heterocycles. The van der Waals surface area contributed by atoms with Crippen LogP contribution >= 0.6 is 12.2 Å². The van der Waals surface area contributed by atoms with E-state index >= 15 is 0 Å². The van der Waals surface area contributed by atoms with Crippen molar-refractivity contribution in [3.63, 3.8) is 0 Å². The van der Waals surface area contributed by atoms with Crippen molar-refractivity contribution < 1.29 is 4.52 Å². The van der Waals surface area contributed by atoms with E-state index in [-0.39, 0.29) is 0 Å². The second-order valence-corrected chi connectivity index (χ2v) is 2.88. The van der Waals surface area contributed by atoms with Gasteiger partial charge in [0.1, 0.15) is 4.64 Å².